The van der Waals surface area contributed by atoms with E-state index in [1.165, 1.54) is 24.3 Å². The number of hydrogen-bond acceptors (Lipinski definition) is 5. The molecule has 0 fully saturated rings. The van der Waals surface area contributed by atoms with Crippen LogP contribution in [0.15, 0.2) is 36.4 Å². The number of aryl methyl sites for hydroxylation is 2. The van der Waals surface area contributed by atoms with E-state index in [-0.39, 0.29) is 42.1 Å². The molecule has 0 saturated carbocycles. The minimum absolute atomic E-state index is 0.00365. The smallest absolute Gasteiger partial charge is 0.416 e. The van der Waals surface area contributed by atoms with Gasteiger partial charge in [-0.25, -0.2) is 4.79 Å². The maximum Gasteiger partial charge on any atom is 0.416 e. The molecule has 0 heterocycles. The van der Waals surface area contributed by atoms with Crippen molar-refractivity contribution >= 4 is 17.5 Å². The Kier molecular flexibility index (Phi) is 13.1. The normalized spacial score (nSPS) is 12.0. The summed E-state index contributed by atoms with van der Waals surface area (Å²) in [6.45, 7) is 4.93. The van der Waals surface area contributed by atoms with E-state index in [1.807, 2.05) is 0 Å². The number of hydrogen-bond donors (Lipinski definition) is 4. The molecule has 0 spiro atoms. The summed E-state index contributed by atoms with van der Waals surface area (Å²) >= 11 is 0. The lowest BCUT2D eigenvalue weighted by atomic mass is 10.0. The fourth-order valence-corrected chi connectivity index (χ4v) is 3.49. The van der Waals surface area contributed by atoms with E-state index >= 15 is 0 Å². The van der Waals surface area contributed by atoms with Gasteiger partial charge in [-0.05, 0) is 94.7 Å². The predicted molar refractivity (Wildman–Crippen MR) is 137 cm³/mol. The van der Waals surface area contributed by atoms with Crippen LogP contribution in [0.1, 0.15) is 68.7 Å². The number of ether oxygens (including phenoxy) is 1. The summed E-state index contributed by atoms with van der Waals surface area (Å²) in [7, 11) is 0. The fourth-order valence-electron chi connectivity index (χ4n) is 3.49. The van der Waals surface area contributed by atoms with Crippen LogP contribution in [-0.2, 0) is 29.9 Å². The molecule has 2 aromatic carbocycles. The number of anilines is 2. The first-order chi connectivity index (χ1) is 18.0. The molecule has 2 rings (SSSR count). The molecule has 5 N–H and O–H groups in total. The second kappa shape index (κ2) is 15.0. The van der Waals surface area contributed by atoms with Gasteiger partial charge in [0.2, 0.25) is 0 Å². The van der Waals surface area contributed by atoms with Gasteiger partial charge in [-0.3, -0.25) is 5.32 Å². The zero-order chi connectivity index (χ0) is 29.9. The molecule has 0 aliphatic carbocycles. The molecule has 0 bridgehead atoms. The number of nitrogen functional groups attached to an aromatic ring is 1. The SMILES string of the molecule is CC(C)(C)OC(=O)Nc1ccc(CCCCO)c(C(F)(F)F)c1.Nc1ccc(CCCCO)c(C(F)(F)F)c1. The van der Waals surface area contributed by atoms with Crippen molar-refractivity contribution in [3.05, 3.63) is 58.7 Å². The van der Waals surface area contributed by atoms with Crippen LogP contribution in [-0.4, -0.2) is 35.1 Å². The van der Waals surface area contributed by atoms with Gasteiger partial charge in [0, 0.05) is 24.6 Å². The van der Waals surface area contributed by atoms with E-state index in [0.717, 1.165) is 12.1 Å². The van der Waals surface area contributed by atoms with Crippen molar-refractivity contribution in [2.24, 2.45) is 0 Å². The highest BCUT2D eigenvalue weighted by molar-refractivity contribution is 5.85. The van der Waals surface area contributed by atoms with Crippen molar-refractivity contribution in [1.82, 2.24) is 0 Å². The van der Waals surface area contributed by atoms with Crippen LogP contribution in [0.2, 0.25) is 0 Å². The highest BCUT2D eigenvalue weighted by Gasteiger charge is 2.34. The molecule has 0 radical (unpaired) electrons. The number of unbranched alkanes of at least 4 members (excludes halogenated alkanes) is 2. The molecule has 0 aliphatic rings. The molecule has 6 nitrogen and oxygen atoms in total. The summed E-state index contributed by atoms with van der Waals surface area (Å²) in [6.07, 6.45) is -7.25. The van der Waals surface area contributed by atoms with Gasteiger partial charge in [0.05, 0.1) is 11.1 Å². The Morgan fingerprint density at radius 1 is 0.795 bits per heavy atom. The molecule has 0 saturated heterocycles. The maximum atomic E-state index is 13.2. The van der Waals surface area contributed by atoms with Gasteiger partial charge in [-0.2, -0.15) is 26.3 Å². The number of rotatable bonds is 9. The van der Waals surface area contributed by atoms with Crippen LogP contribution in [0.25, 0.3) is 0 Å². The fraction of sp³-hybridized carbons (Fsp3) is 0.519. The number of aliphatic hydroxyl groups excluding tert-OH is 2. The first-order valence-corrected chi connectivity index (χ1v) is 12.4. The summed E-state index contributed by atoms with van der Waals surface area (Å²) in [6, 6.07) is 7.46. The Morgan fingerprint density at radius 3 is 1.69 bits per heavy atom. The second-order valence-corrected chi connectivity index (χ2v) is 9.77. The zero-order valence-electron chi connectivity index (χ0n) is 22.2. The third kappa shape index (κ3) is 13.1. The molecule has 0 atom stereocenters. The molecule has 0 unspecified atom stereocenters. The minimum Gasteiger partial charge on any atom is -0.444 e. The Morgan fingerprint density at radius 2 is 1.26 bits per heavy atom. The molecular weight excluding hydrogens is 530 g/mol. The zero-order valence-corrected chi connectivity index (χ0v) is 22.2. The van der Waals surface area contributed by atoms with E-state index in [9.17, 15) is 31.1 Å². The summed E-state index contributed by atoms with van der Waals surface area (Å²) < 4.78 is 82.4. The number of nitrogens with two attached hydrogens (primary N) is 1. The first kappa shape index (κ1) is 34.0. The molecule has 0 aromatic heterocycles. The average molecular weight is 567 g/mol. The van der Waals surface area contributed by atoms with Crippen LogP contribution in [0, 0.1) is 0 Å². The summed E-state index contributed by atoms with van der Waals surface area (Å²) in [5.41, 5.74) is 3.65. The highest BCUT2D eigenvalue weighted by atomic mass is 19.4. The van der Waals surface area contributed by atoms with Crippen LogP contribution in [0.3, 0.4) is 0 Å². The monoisotopic (exact) mass is 566 g/mol. The summed E-state index contributed by atoms with van der Waals surface area (Å²) in [5, 5.41) is 19.6. The van der Waals surface area contributed by atoms with Gasteiger partial charge in [-0.15, -0.1) is 0 Å². The predicted octanol–water partition coefficient (Wildman–Crippen LogP) is 6.97. The van der Waals surface area contributed by atoms with Crippen LogP contribution < -0.4 is 11.1 Å². The number of benzene rings is 2. The molecular formula is C27H36F6N2O4. The molecule has 1 amide bonds. The van der Waals surface area contributed by atoms with Gasteiger partial charge in [-0.1, -0.05) is 12.1 Å². The average Bonchev–Trinajstić information content (AvgIpc) is 2.79. The van der Waals surface area contributed by atoms with Crippen molar-refractivity contribution in [2.75, 3.05) is 24.3 Å². The van der Waals surface area contributed by atoms with E-state index in [0.29, 0.717) is 32.1 Å². The lowest BCUT2D eigenvalue weighted by molar-refractivity contribution is -0.139. The maximum absolute atomic E-state index is 13.2. The van der Waals surface area contributed by atoms with E-state index in [4.69, 9.17) is 20.7 Å². The van der Waals surface area contributed by atoms with Gasteiger partial charge in [0.25, 0.3) is 0 Å². The number of carbonyl (C=O) groups is 1. The highest BCUT2D eigenvalue weighted by Crippen LogP contribution is 2.35. The van der Waals surface area contributed by atoms with E-state index < -0.39 is 35.2 Å². The largest absolute Gasteiger partial charge is 0.444 e. The Bertz CT molecular complexity index is 1050. The van der Waals surface area contributed by atoms with E-state index in [1.54, 1.807) is 20.8 Å². The second-order valence-electron chi connectivity index (χ2n) is 9.77. The number of amides is 1. The Hall–Kier alpha value is -2.99. The lowest BCUT2D eigenvalue weighted by Crippen LogP contribution is -2.27. The molecule has 39 heavy (non-hydrogen) atoms. The summed E-state index contributed by atoms with van der Waals surface area (Å²) in [4.78, 5) is 11.6. The number of aliphatic hydroxyl groups is 2. The Labute approximate surface area is 224 Å². The van der Waals surface area contributed by atoms with Crippen LogP contribution in [0.5, 0.6) is 0 Å². The summed E-state index contributed by atoms with van der Waals surface area (Å²) in [5.74, 6) is 0. The van der Waals surface area contributed by atoms with E-state index in [2.05, 4.69) is 5.32 Å². The van der Waals surface area contributed by atoms with Gasteiger partial charge in [0.15, 0.2) is 0 Å². The molecule has 2 aromatic rings. The van der Waals surface area contributed by atoms with Crippen molar-refractivity contribution in [2.45, 2.75) is 77.2 Å². The van der Waals surface area contributed by atoms with Crippen LogP contribution >= 0.6 is 0 Å². The van der Waals surface area contributed by atoms with Gasteiger partial charge >= 0.3 is 18.4 Å². The number of halogens is 6. The molecule has 0 aliphatic heterocycles. The van der Waals surface area contributed by atoms with Crippen molar-refractivity contribution in [1.29, 1.82) is 0 Å². The van der Waals surface area contributed by atoms with Gasteiger partial charge < -0.3 is 20.7 Å². The minimum atomic E-state index is -4.51. The van der Waals surface area contributed by atoms with Crippen molar-refractivity contribution in [3.8, 4) is 0 Å². The van der Waals surface area contributed by atoms with Crippen LogP contribution in [0.4, 0.5) is 42.5 Å². The third-order valence-electron chi connectivity index (χ3n) is 5.21. The Balaban J connectivity index is 0.000000416. The number of alkyl halides is 6. The quantitative estimate of drug-likeness (QED) is 0.149. The third-order valence-corrected chi connectivity index (χ3v) is 5.21. The topological polar surface area (TPSA) is 105 Å². The molecule has 12 heteroatoms. The first-order valence-electron chi connectivity index (χ1n) is 12.4. The standard InChI is InChI=1S/C16H22F3NO3.C11H14F3NO/c1-15(2,3)23-14(22)20-12-8-7-11(6-4-5-9-21)13(10-12)16(17,18)19;12-11(13,14)10-7-9(15)5-4-8(10)3-1-2-6-16/h7-8,10,21H,4-6,9H2,1-3H3,(H,20,22);4-5,7,16H,1-3,6,15H2. The number of nitrogens with one attached hydrogen (secondary N) is 1. The van der Waals surface area contributed by atoms with Crippen molar-refractivity contribution in [3.63, 3.8) is 0 Å². The van der Waals surface area contributed by atoms with Crippen molar-refractivity contribution < 1.29 is 46.1 Å². The number of carbonyl (C=O) groups excluding carboxylic acids is 1. The molecule has 220 valence electrons. The van der Waals surface area contributed by atoms with Gasteiger partial charge in [0.1, 0.15) is 5.60 Å². The lowest BCUT2D eigenvalue weighted by Gasteiger charge is -2.20.